The van der Waals surface area contributed by atoms with Crippen molar-refractivity contribution in [2.75, 3.05) is 13.1 Å². The normalized spacial score (nSPS) is 24.8. The molecule has 0 spiro atoms. The molecule has 1 aliphatic rings. The van der Waals surface area contributed by atoms with Gasteiger partial charge in [-0.3, -0.25) is 4.90 Å². The molecule has 2 nitrogen and oxygen atoms in total. The molecule has 1 atom stereocenters. The number of rotatable bonds is 2. The largest absolute Gasteiger partial charge is 0.364 e. The van der Waals surface area contributed by atoms with E-state index >= 15 is 0 Å². The van der Waals surface area contributed by atoms with Gasteiger partial charge in [0.25, 0.3) is 0 Å². The van der Waals surface area contributed by atoms with Gasteiger partial charge in [-0.1, -0.05) is 6.92 Å². The molecule has 2 heterocycles. The lowest BCUT2D eigenvalue weighted by Crippen LogP contribution is -2.33. The van der Waals surface area contributed by atoms with E-state index < -0.39 is 0 Å². The highest BCUT2D eigenvalue weighted by Gasteiger charge is 2.15. The molecule has 1 aliphatic heterocycles. The summed E-state index contributed by atoms with van der Waals surface area (Å²) >= 11 is 0. The number of hydrogen-bond donors (Lipinski definition) is 1. The summed E-state index contributed by atoms with van der Waals surface area (Å²) in [5, 5.41) is 0. The number of likely N-dealkylation sites (tertiary alicyclic amines) is 1. The minimum atomic E-state index is 0.878. The van der Waals surface area contributed by atoms with Gasteiger partial charge in [0.1, 0.15) is 0 Å². The number of H-pyrrole nitrogens is 1. The number of aromatic nitrogens is 1. The lowest BCUT2D eigenvalue weighted by atomic mass is 10.0. The summed E-state index contributed by atoms with van der Waals surface area (Å²) in [7, 11) is 0. The van der Waals surface area contributed by atoms with E-state index in [0.717, 1.165) is 12.5 Å². The van der Waals surface area contributed by atoms with Gasteiger partial charge in [0.05, 0.1) is 0 Å². The van der Waals surface area contributed by atoms with E-state index in [-0.39, 0.29) is 0 Å². The molecule has 0 saturated carbocycles. The van der Waals surface area contributed by atoms with Crippen molar-refractivity contribution in [3.8, 4) is 0 Å². The van der Waals surface area contributed by atoms with Gasteiger partial charge in [-0.25, -0.2) is 0 Å². The van der Waals surface area contributed by atoms with Crippen LogP contribution in [0.15, 0.2) is 18.3 Å². The van der Waals surface area contributed by atoms with Crippen molar-refractivity contribution in [3.05, 3.63) is 24.0 Å². The maximum absolute atomic E-state index is 3.26. The fourth-order valence-electron chi connectivity index (χ4n) is 2.14. The van der Waals surface area contributed by atoms with Crippen LogP contribution in [0.4, 0.5) is 0 Å². The number of piperidine rings is 1. The van der Waals surface area contributed by atoms with Crippen molar-refractivity contribution >= 4 is 0 Å². The molecule has 1 aromatic rings. The second-order valence-corrected chi connectivity index (χ2v) is 4.18. The maximum atomic E-state index is 3.26. The molecular weight excluding hydrogens is 160 g/mol. The van der Waals surface area contributed by atoms with Crippen LogP contribution in [0.1, 0.15) is 25.5 Å². The van der Waals surface area contributed by atoms with Crippen molar-refractivity contribution in [2.45, 2.75) is 26.3 Å². The number of hydrogen-bond acceptors (Lipinski definition) is 1. The highest BCUT2D eigenvalue weighted by Crippen LogP contribution is 2.16. The van der Waals surface area contributed by atoms with Crippen LogP contribution < -0.4 is 0 Å². The van der Waals surface area contributed by atoms with E-state index in [2.05, 4.69) is 28.9 Å². The molecule has 1 saturated heterocycles. The SMILES string of the molecule is C[C@H]1CCCN(Cc2ccc[nH]2)C1. The van der Waals surface area contributed by atoms with Crippen LogP contribution in [0, 0.1) is 5.92 Å². The first-order valence-corrected chi connectivity index (χ1v) is 5.19. The topological polar surface area (TPSA) is 19.0 Å². The Bertz CT molecular complexity index is 241. The Balaban J connectivity index is 1.87. The Morgan fingerprint density at radius 2 is 2.54 bits per heavy atom. The van der Waals surface area contributed by atoms with Gasteiger partial charge in [-0.05, 0) is 37.4 Å². The Kier molecular flexibility index (Phi) is 2.69. The fraction of sp³-hybridized carbons (Fsp3) is 0.636. The Morgan fingerprint density at radius 1 is 1.62 bits per heavy atom. The highest BCUT2D eigenvalue weighted by atomic mass is 15.1. The van der Waals surface area contributed by atoms with E-state index in [1.165, 1.54) is 31.6 Å². The first-order chi connectivity index (χ1) is 6.34. The van der Waals surface area contributed by atoms with E-state index in [4.69, 9.17) is 0 Å². The summed E-state index contributed by atoms with van der Waals surface area (Å²) in [6, 6.07) is 4.24. The molecular formula is C11H18N2. The third-order valence-electron chi connectivity index (χ3n) is 2.80. The summed E-state index contributed by atoms with van der Waals surface area (Å²) in [6.07, 6.45) is 4.77. The molecule has 0 bridgehead atoms. The smallest absolute Gasteiger partial charge is 0.0385 e. The lowest BCUT2D eigenvalue weighted by Gasteiger charge is -2.30. The minimum absolute atomic E-state index is 0.878. The summed E-state index contributed by atoms with van der Waals surface area (Å²) in [5.74, 6) is 0.878. The third kappa shape index (κ3) is 2.34. The molecule has 0 aromatic carbocycles. The Morgan fingerprint density at radius 3 is 3.23 bits per heavy atom. The van der Waals surface area contributed by atoms with Crippen molar-refractivity contribution in [2.24, 2.45) is 5.92 Å². The standard InChI is InChI=1S/C11H18N2/c1-10-4-3-7-13(8-10)9-11-5-2-6-12-11/h2,5-6,10,12H,3-4,7-9H2,1H3/t10-/m0/s1. The maximum Gasteiger partial charge on any atom is 0.0385 e. The van der Waals surface area contributed by atoms with Gasteiger partial charge in [0.15, 0.2) is 0 Å². The molecule has 2 heteroatoms. The number of nitrogens with one attached hydrogen (secondary N) is 1. The first kappa shape index (κ1) is 8.82. The van der Waals surface area contributed by atoms with E-state index in [9.17, 15) is 0 Å². The van der Waals surface area contributed by atoms with E-state index in [1.807, 2.05) is 6.20 Å². The first-order valence-electron chi connectivity index (χ1n) is 5.19. The number of aromatic amines is 1. The van der Waals surface area contributed by atoms with Crippen LogP contribution >= 0.6 is 0 Å². The Hall–Kier alpha value is -0.760. The van der Waals surface area contributed by atoms with Crippen LogP contribution in [0.25, 0.3) is 0 Å². The van der Waals surface area contributed by atoms with Gasteiger partial charge in [-0.15, -0.1) is 0 Å². The predicted molar refractivity (Wildman–Crippen MR) is 54.5 cm³/mol. The molecule has 72 valence electrons. The van der Waals surface area contributed by atoms with Crippen molar-refractivity contribution in [3.63, 3.8) is 0 Å². The van der Waals surface area contributed by atoms with Gasteiger partial charge < -0.3 is 4.98 Å². The summed E-state index contributed by atoms with van der Waals surface area (Å²) in [4.78, 5) is 5.80. The van der Waals surface area contributed by atoms with Crippen molar-refractivity contribution < 1.29 is 0 Å². The molecule has 0 radical (unpaired) electrons. The van der Waals surface area contributed by atoms with Crippen LogP contribution in [0.5, 0.6) is 0 Å². The van der Waals surface area contributed by atoms with Crippen LogP contribution in [0.2, 0.25) is 0 Å². The van der Waals surface area contributed by atoms with Gasteiger partial charge >= 0.3 is 0 Å². The lowest BCUT2D eigenvalue weighted by molar-refractivity contribution is 0.175. The second-order valence-electron chi connectivity index (χ2n) is 4.18. The minimum Gasteiger partial charge on any atom is -0.364 e. The fourth-order valence-corrected chi connectivity index (χ4v) is 2.14. The van der Waals surface area contributed by atoms with Crippen molar-refractivity contribution in [1.29, 1.82) is 0 Å². The average molecular weight is 178 g/mol. The van der Waals surface area contributed by atoms with E-state index in [0.29, 0.717) is 0 Å². The third-order valence-corrected chi connectivity index (χ3v) is 2.80. The molecule has 1 N–H and O–H groups in total. The predicted octanol–water partition coefficient (Wildman–Crippen LogP) is 2.25. The summed E-state index contributed by atoms with van der Waals surface area (Å²) in [6.45, 7) is 5.97. The zero-order valence-electron chi connectivity index (χ0n) is 8.29. The zero-order valence-corrected chi connectivity index (χ0v) is 8.29. The van der Waals surface area contributed by atoms with Gasteiger partial charge in [0.2, 0.25) is 0 Å². The quantitative estimate of drug-likeness (QED) is 0.736. The van der Waals surface area contributed by atoms with E-state index in [1.54, 1.807) is 0 Å². The molecule has 0 amide bonds. The molecule has 1 fully saturated rings. The molecule has 0 aliphatic carbocycles. The van der Waals surface area contributed by atoms with Gasteiger partial charge in [-0.2, -0.15) is 0 Å². The zero-order chi connectivity index (χ0) is 9.10. The number of nitrogens with zero attached hydrogens (tertiary/aromatic N) is 1. The highest BCUT2D eigenvalue weighted by molar-refractivity contribution is 5.03. The molecule has 0 unspecified atom stereocenters. The van der Waals surface area contributed by atoms with Crippen LogP contribution in [-0.2, 0) is 6.54 Å². The monoisotopic (exact) mass is 178 g/mol. The second kappa shape index (κ2) is 3.97. The molecule has 2 rings (SSSR count). The average Bonchev–Trinajstić information content (AvgIpc) is 2.57. The molecule has 1 aromatic heterocycles. The van der Waals surface area contributed by atoms with Crippen molar-refractivity contribution in [1.82, 2.24) is 9.88 Å². The molecule has 13 heavy (non-hydrogen) atoms. The Labute approximate surface area is 79.9 Å². The van der Waals surface area contributed by atoms with Crippen LogP contribution in [0.3, 0.4) is 0 Å². The summed E-state index contributed by atoms with van der Waals surface area (Å²) < 4.78 is 0. The van der Waals surface area contributed by atoms with Crippen LogP contribution in [-0.4, -0.2) is 23.0 Å². The van der Waals surface area contributed by atoms with Gasteiger partial charge in [0, 0.05) is 25.0 Å². The summed E-state index contributed by atoms with van der Waals surface area (Å²) in [5.41, 5.74) is 1.34.